The van der Waals surface area contributed by atoms with E-state index in [1.807, 2.05) is 23.9 Å². The third kappa shape index (κ3) is 5.32. The highest BCUT2D eigenvalue weighted by molar-refractivity contribution is 7.99. The van der Waals surface area contributed by atoms with E-state index >= 15 is 0 Å². The third-order valence-corrected chi connectivity index (χ3v) is 8.58. The molecule has 2 aliphatic rings. The summed E-state index contributed by atoms with van der Waals surface area (Å²) >= 11 is 1.95. The molecule has 0 N–H and O–H groups in total. The van der Waals surface area contributed by atoms with Crippen molar-refractivity contribution >= 4 is 11.8 Å². The van der Waals surface area contributed by atoms with Crippen LogP contribution < -0.4 is 4.74 Å². The molecular weight excluding hydrogens is 436 g/mol. The zero-order chi connectivity index (χ0) is 23.3. The van der Waals surface area contributed by atoms with Crippen LogP contribution in [0.2, 0.25) is 0 Å². The number of ether oxygens (including phenoxy) is 1. The van der Waals surface area contributed by atoms with E-state index in [4.69, 9.17) is 4.74 Å². The van der Waals surface area contributed by atoms with Gasteiger partial charge in [-0.05, 0) is 86.3 Å². The summed E-state index contributed by atoms with van der Waals surface area (Å²) in [6.45, 7) is 6.35. The number of fused-ring (bicyclic) bond motifs is 1. The molecule has 2 unspecified atom stereocenters. The van der Waals surface area contributed by atoms with E-state index in [9.17, 15) is 5.26 Å². The molecule has 0 spiro atoms. The van der Waals surface area contributed by atoms with Crippen molar-refractivity contribution in [2.45, 2.75) is 48.7 Å². The first-order valence-corrected chi connectivity index (χ1v) is 13.3. The zero-order valence-corrected chi connectivity index (χ0v) is 20.7. The number of piperidine rings is 1. The van der Waals surface area contributed by atoms with Gasteiger partial charge in [-0.2, -0.15) is 5.26 Å². The van der Waals surface area contributed by atoms with Crippen molar-refractivity contribution in [2.24, 2.45) is 0 Å². The van der Waals surface area contributed by atoms with E-state index in [2.05, 4.69) is 72.5 Å². The monoisotopic (exact) mass is 468 g/mol. The molecule has 3 aromatic rings. The molecule has 4 heteroatoms. The number of rotatable bonds is 6. The molecule has 34 heavy (non-hydrogen) atoms. The van der Waals surface area contributed by atoms with Crippen molar-refractivity contribution in [1.82, 2.24) is 4.90 Å². The second-order valence-electron chi connectivity index (χ2n) is 9.51. The van der Waals surface area contributed by atoms with Crippen LogP contribution in [0.1, 0.15) is 58.2 Å². The predicted octanol–water partition coefficient (Wildman–Crippen LogP) is 6.90. The summed E-state index contributed by atoms with van der Waals surface area (Å²) in [7, 11) is 0. The molecule has 3 nitrogen and oxygen atoms in total. The minimum absolute atomic E-state index is 0.314. The molecule has 0 radical (unpaired) electrons. The number of thioether (sulfide) groups is 1. The van der Waals surface area contributed by atoms with Crippen molar-refractivity contribution in [3.63, 3.8) is 0 Å². The zero-order valence-electron chi connectivity index (χ0n) is 19.9. The van der Waals surface area contributed by atoms with Gasteiger partial charge in [0.1, 0.15) is 12.4 Å². The summed E-state index contributed by atoms with van der Waals surface area (Å²) in [5, 5.41) is 9.53. The Labute approximate surface area is 207 Å². The van der Waals surface area contributed by atoms with Crippen molar-refractivity contribution in [1.29, 1.82) is 5.26 Å². The molecule has 0 bridgehead atoms. The molecule has 2 aliphatic heterocycles. The van der Waals surface area contributed by atoms with Crippen molar-refractivity contribution < 1.29 is 4.74 Å². The fourth-order valence-electron chi connectivity index (χ4n) is 5.17. The molecule has 2 heterocycles. The number of hydrogen-bond donors (Lipinski definition) is 0. The maximum absolute atomic E-state index is 9.22. The highest BCUT2D eigenvalue weighted by Gasteiger charge is 2.31. The van der Waals surface area contributed by atoms with Crippen molar-refractivity contribution in [3.8, 4) is 11.8 Å². The van der Waals surface area contributed by atoms with E-state index in [0.717, 1.165) is 25.3 Å². The molecule has 2 atom stereocenters. The van der Waals surface area contributed by atoms with Crippen LogP contribution in [-0.4, -0.2) is 31.1 Å². The predicted molar refractivity (Wildman–Crippen MR) is 140 cm³/mol. The van der Waals surface area contributed by atoms with Crippen LogP contribution >= 0.6 is 11.8 Å². The Kier molecular flexibility index (Phi) is 7.23. The SMILES string of the molecule is Cc1ccc2c(c1)CC(c1ccc(OCCN3CCCCC3)cc1)C(c1ccc(C#N)cc1)S2. The average Bonchev–Trinajstić information content (AvgIpc) is 2.89. The Morgan fingerprint density at radius 3 is 2.41 bits per heavy atom. The second-order valence-corrected chi connectivity index (χ2v) is 10.7. The van der Waals surface area contributed by atoms with Crippen LogP contribution in [0.5, 0.6) is 5.75 Å². The molecule has 0 aromatic heterocycles. The van der Waals surface area contributed by atoms with Gasteiger partial charge in [0, 0.05) is 22.6 Å². The lowest BCUT2D eigenvalue weighted by Gasteiger charge is -2.33. The van der Waals surface area contributed by atoms with Crippen LogP contribution in [0.25, 0.3) is 0 Å². The Balaban J connectivity index is 1.33. The van der Waals surface area contributed by atoms with E-state index in [1.54, 1.807) is 0 Å². The van der Waals surface area contributed by atoms with Gasteiger partial charge in [-0.25, -0.2) is 0 Å². The van der Waals surface area contributed by atoms with Gasteiger partial charge in [0.25, 0.3) is 0 Å². The van der Waals surface area contributed by atoms with E-state index in [0.29, 0.717) is 16.7 Å². The van der Waals surface area contributed by atoms with Crippen molar-refractivity contribution in [2.75, 3.05) is 26.2 Å². The fraction of sp³-hybridized carbons (Fsp3) is 0.367. The van der Waals surface area contributed by atoms with Gasteiger partial charge in [-0.15, -0.1) is 11.8 Å². The van der Waals surface area contributed by atoms with Crippen LogP contribution in [0.15, 0.2) is 71.6 Å². The van der Waals surface area contributed by atoms with Gasteiger partial charge in [0.15, 0.2) is 0 Å². The lowest BCUT2D eigenvalue weighted by molar-refractivity contribution is 0.183. The Hall–Kier alpha value is -2.74. The van der Waals surface area contributed by atoms with Gasteiger partial charge >= 0.3 is 0 Å². The maximum Gasteiger partial charge on any atom is 0.119 e. The highest BCUT2D eigenvalue weighted by Crippen LogP contribution is 2.52. The summed E-state index contributed by atoms with van der Waals surface area (Å²) in [4.78, 5) is 3.88. The number of hydrogen-bond acceptors (Lipinski definition) is 4. The lowest BCUT2D eigenvalue weighted by atomic mass is 9.85. The van der Waals surface area contributed by atoms with E-state index in [-0.39, 0.29) is 0 Å². The Morgan fingerprint density at radius 2 is 1.68 bits per heavy atom. The van der Waals surface area contributed by atoms with Gasteiger partial charge in [0.05, 0.1) is 11.6 Å². The van der Waals surface area contributed by atoms with Gasteiger partial charge in [-0.1, -0.05) is 48.4 Å². The van der Waals surface area contributed by atoms with Crippen molar-refractivity contribution in [3.05, 3.63) is 94.5 Å². The van der Waals surface area contributed by atoms with Crippen LogP contribution in [0.4, 0.5) is 0 Å². The fourth-order valence-corrected chi connectivity index (χ4v) is 6.60. The molecule has 5 rings (SSSR count). The highest BCUT2D eigenvalue weighted by atomic mass is 32.2. The summed E-state index contributed by atoms with van der Waals surface area (Å²) < 4.78 is 6.08. The number of nitriles is 1. The number of nitrogens with zero attached hydrogens (tertiary/aromatic N) is 2. The summed E-state index contributed by atoms with van der Waals surface area (Å²) in [5.41, 5.74) is 6.08. The molecule has 1 saturated heterocycles. The quantitative estimate of drug-likeness (QED) is 0.394. The molecular formula is C30H32N2OS. The van der Waals surface area contributed by atoms with Gasteiger partial charge in [-0.3, -0.25) is 4.90 Å². The van der Waals surface area contributed by atoms with Crippen LogP contribution in [-0.2, 0) is 6.42 Å². The number of likely N-dealkylation sites (tertiary alicyclic amines) is 1. The Bertz CT molecular complexity index is 1140. The Morgan fingerprint density at radius 1 is 0.941 bits per heavy atom. The van der Waals surface area contributed by atoms with Crippen LogP contribution in [0.3, 0.4) is 0 Å². The molecule has 3 aromatic carbocycles. The molecule has 1 fully saturated rings. The molecule has 0 saturated carbocycles. The minimum Gasteiger partial charge on any atom is -0.492 e. The normalized spacial score (nSPS) is 20.4. The first-order valence-electron chi connectivity index (χ1n) is 12.4. The largest absolute Gasteiger partial charge is 0.492 e. The number of benzene rings is 3. The first-order chi connectivity index (χ1) is 16.7. The molecule has 174 valence electrons. The standard InChI is InChI=1S/C30H32N2OS/c1-22-5-14-29-26(19-22)20-28(30(34-29)25-8-6-23(21-31)7-9-25)24-10-12-27(13-11-24)33-18-17-32-15-3-2-4-16-32/h5-14,19,28,30H,2-4,15-18,20H2,1H3. The smallest absolute Gasteiger partial charge is 0.119 e. The molecule has 0 aliphatic carbocycles. The van der Waals surface area contributed by atoms with Gasteiger partial charge in [0.2, 0.25) is 0 Å². The summed E-state index contributed by atoms with van der Waals surface area (Å²) in [6.07, 6.45) is 5.02. The topological polar surface area (TPSA) is 36.3 Å². The van der Waals surface area contributed by atoms with E-state index in [1.165, 1.54) is 59.5 Å². The first kappa shape index (κ1) is 23.0. The van der Waals surface area contributed by atoms with E-state index < -0.39 is 0 Å². The van der Waals surface area contributed by atoms with Gasteiger partial charge < -0.3 is 4.74 Å². The average molecular weight is 469 g/mol. The van der Waals surface area contributed by atoms with Crippen LogP contribution in [0, 0.1) is 18.3 Å². The minimum atomic E-state index is 0.314. The third-order valence-electron chi connectivity index (χ3n) is 7.08. The number of aryl methyl sites for hydroxylation is 1. The maximum atomic E-state index is 9.22. The lowest BCUT2D eigenvalue weighted by Crippen LogP contribution is -2.33. The summed E-state index contributed by atoms with van der Waals surface area (Å²) in [5.74, 6) is 1.32. The molecule has 0 amide bonds. The second kappa shape index (κ2) is 10.7. The summed E-state index contributed by atoms with van der Waals surface area (Å²) in [6, 6.07) is 26.0.